The largest absolute Gasteiger partial charge is 0.494 e. The van der Waals surface area contributed by atoms with Gasteiger partial charge in [-0.25, -0.2) is 4.98 Å². The number of aromatic nitrogens is 5. The number of aryl methyl sites for hydroxylation is 2. The Hall–Kier alpha value is -4.51. The van der Waals surface area contributed by atoms with Crippen molar-refractivity contribution < 1.29 is 9.53 Å². The molecule has 2 N–H and O–H groups in total. The number of carbonyl (C=O) groups excluding carboxylic acids is 1. The van der Waals surface area contributed by atoms with Crippen LogP contribution in [0.3, 0.4) is 0 Å². The number of ether oxygens (including phenoxy) is 1. The summed E-state index contributed by atoms with van der Waals surface area (Å²) in [6.45, 7) is 9.16. The van der Waals surface area contributed by atoms with Crippen LogP contribution in [0.1, 0.15) is 11.3 Å². The maximum Gasteiger partial charge on any atom is 0.255 e. The average Bonchev–Trinajstić information content (AvgIpc) is 3.23. The third-order valence-corrected chi connectivity index (χ3v) is 6.07. The van der Waals surface area contributed by atoms with Crippen LogP contribution in [-0.4, -0.2) is 76.9 Å². The van der Waals surface area contributed by atoms with E-state index in [1.54, 1.807) is 17.9 Å². The summed E-state index contributed by atoms with van der Waals surface area (Å²) in [6.07, 6.45) is 2.66. The Bertz CT molecular complexity index is 1480. The van der Waals surface area contributed by atoms with Crippen LogP contribution in [-0.2, 0) is 4.79 Å². The number of benzene rings is 2. The highest BCUT2D eigenvalue weighted by atomic mass is 16.5. The van der Waals surface area contributed by atoms with Crippen molar-refractivity contribution in [2.24, 2.45) is 0 Å². The summed E-state index contributed by atoms with van der Waals surface area (Å²) in [5.41, 5.74) is 4.91. The maximum absolute atomic E-state index is 12.2. The summed E-state index contributed by atoms with van der Waals surface area (Å²) in [7, 11) is 7.58. The van der Waals surface area contributed by atoms with Gasteiger partial charge in [-0.05, 0) is 52.2 Å². The molecule has 0 aliphatic rings. The molecule has 4 rings (SSSR count). The van der Waals surface area contributed by atoms with Crippen LogP contribution in [0.5, 0.6) is 5.75 Å². The van der Waals surface area contributed by atoms with Gasteiger partial charge in [0.1, 0.15) is 12.1 Å². The molecule has 0 aliphatic carbocycles. The van der Waals surface area contributed by atoms with Crippen molar-refractivity contribution in [2.75, 3.05) is 56.9 Å². The molecule has 0 saturated heterocycles. The van der Waals surface area contributed by atoms with Gasteiger partial charge >= 0.3 is 0 Å². The van der Waals surface area contributed by atoms with Gasteiger partial charge in [0.2, 0.25) is 11.9 Å². The number of anilines is 4. The zero-order valence-electron chi connectivity index (χ0n) is 22.6. The van der Waals surface area contributed by atoms with E-state index in [-0.39, 0.29) is 5.91 Å². The molecule has 0 aliphatic heterocycles. The molecule has 0 fully saturated rings. The lowest BCUT2D eigenvalue weighted by Crippen LogP contribution is -2.29. The molecule has 2 aromatic carbocycles. The standard InChI is InChI=1S/C27H33N9O2/c1-8-25(37)30-20-14-21(24(38-7)15-23(20)35(6)12-11-34(4)5)31-26-28-16-29-27(32-26)36-22-10-9-17(2)13-19(22)18(3)33-36/h8-10,13-16H,1,11-12H2,2-7H3,(H,30,37)(H,28,29,31,32). The Morgan fingerprint density at radius 2 is 1.89 bits per heavy atom. The summed E-state index contributed by atoms with van der Waals surface area (Å²) in [4.78, 5) is 29.6. The lowest BCUT2D eigenvalue weighted by molar-refractivity contribution is -0.111. The van der Waals surface area contributed by atoms with Crippen molar-refractivity contribution in [3.8, 4) is 11.7 Å². The van der Waals surface area contributed by atoms with Crippen LogP contribution in [0.2, 0.25) is 0 Å². The highest BCUT2D eigenvalue weighted by Crippen LogP contribution is 2.38. The molecule has 198 valence electrons. The zero-order chi connectivity index (χ0) is 27.4. The maximum atomic E-state index is 12.2. The van der Waals surface area contributed by atoms with E-state index in [1.807, 2.05) is 53.2 Å². The Labute approximate surface area is 222 Å². The third-order valence-electron chi connectivity index (χ3n) is 6.07. The lowest BCUT2D eigenvalue weighted by atomic mass is 10.1. The first-order valence-electron chi connectivity index (χ1n) is 12.1. The smallest absolute Gasteiger partial charge is 0.255 e. The Balaban J connectivity index is 1.71. The van der Waals surface area contributed by atoms with Gasteiger partial charge in [-0.15, -0.1) is 0 Å². The van der Waals surface area contributed by atoms with Gasteiger partial charge < -0.3 is 25.2 Å². The van der Waals surface area contributed by atoms with E-state index in [9.17, 15) is 4.79 Å². The number of hydrogen-bond acceptors (Lipinski definition) is 9. The minimum atomic E-state index is -0.318. The van der Waals surface area contributed by atoms with E-state index >= 15 is 0 Å². The first-order valence-corrected chi connectivity index (χ1v) is 12.1. The van der Waals surface area contributed by atoms with Crippen LogP contribution < -0.4 is 20.3 Å². The predicted molar refractivity (Wildman–Crippen MR) is 151 cm³/mol. The monoisotopic (exact) mass is 515 g/mol. The normalized spacial score (nSPS) is 11.0. The summed E-state index contributed by atoms with van der Waals surface area (Å²) in [5.74, 6) is 0.924. The minimum absolute atomic E-state index is 0.302. The topological polar surface area (TPSA) is 113 Å². The summed E-state index contributed by atoms with van der Waals surface area (Å²) >= 11 is 0. The number of likely N-dealkylation sites (N-methyl/N-ethyl adjacent to an activating group) is 2. The first kappa shape index (κ1) is 26.6. The number of carbonyl (C=O) groups is 1. The molecule has 0 spiro atoms. The molecule has 0 bridgehead atoms. The van der Waals surface area contributed by atoms with Crippen molar-refractivity contribution in [1.29, 1.82) is 0 Å². The fourth-order valence-electron chi connectivity index (χ4n) is 4.01. The molecule has 11 nitrogen and oxygen atoms in total. The van der Waals surface area contributed by atoms with Gasteiger partial charge in [0.15, 0.2) is 0 Å². The highest BCUT2D eigenvalue weighted by molar-refractivity contribution is 6.02. The molecule has 4 aromatic rings. The second-order valence-electron chi connectivity index (χ2n) is 9.24. The van der Waals surface area contributed by atoms with Crippen molar-refractivity contribution in [1.82, 2.24) is 29.6 Å². The molecule has 38 heavy (non-hydrogen) atoms. The van der Waals surface area contributed by atoms with E-state index in [0.29, 0.717) is 29.0 Å². The SMILES string of the molecule is C=CC(=O)Nc1cc(Nc2ncnc(-n3nc(C)c4cc(C)ccc43)n2)c(OC)cc1N(C)CCN(C)C. The molecule has 2 heterocycles. The lowest BCUT2D eigenvalue weighted by Gasteiger charge is -2.25. The van der Waals surface area contributed by atoms with Gasteiger partial charge in [0, 0.05) is 31.6 Å². The molecule has 0 atom stereocenters. The number of methoxy groups -OCH3 is 1. The quantitative estimate of drug-likeness (QED) is 0.305. The van der Waals surface area contributed by atoms with E-state index < -0.39 is 0 Å². The molecule has 11 heteroatoms. The molecule has 2 aromatic heterocycles. The average molecular weight is 516 g/mol. The fraction of sp³-hybridized carbons (Fsp3) is 0.296. The number of hydrogen-bond donors (Lipinski definition) is 2. The van der Waals surface area contributed by atoms with E-state index in [4.69, 9.17) is 4.74 Å². The van der Waals surface area contributed by atoms with E-state index in [2.05, 4.69) is 53.1 Å². The summed E-state index contributed by atoms with van der Waals surface area (Å²) in [6, 6.07) is 9.79. The zero-order valence-corrected chi connectivity index (χ0v) is 22.6. The Kier molecular flexibility index (Phi) is 7.87. The number of rotatable bonds is 10. The van der Waals surface area contributed by atoms with E-state index in [0.717, 1.165) is 40.9 Å². The van der Waals surface area contributed by atoms with E-state index in [1.165, 1.54) is 12.4 Å². The molecule has 1 amide bonds. The van der Waals surface area contributed by atoms with Crippen LogP contribution in [0.25, 0.3) is 16.9 Å². The minimum Gasteiger partial charge on any atom is -0.494 e. The van der Waals surface area contributed by atoms with Crippen molar-refractivity contribution >= 4 is 39.8 Å². The molecular weight excluding hydrogens is 482 g/mol. The van der Waals surface area contributed by atoms with Crippen LogP contribution in [0.15, 0.2) is 49.3 Å². The number of nitrogens with one attached hydrogen (secondary N) is 2. The molecule has 0 saturated carbocycles. The Morgan fingerprint density at radius 3 is 2.61 bits per heavy atom. The Morgan fingerprint density at radius 1 is 1.11 bits per heavy atom. The predicted octanol–water partition coefficient (Wildman–Crippen LogP) is 3.70. The number of fused-ring (bicyclic) bond motifs is 1. The van der Waals surface area contributed by atoms with Gasteiger partial charge in [0.05, 0.1) is 35.4 Å². The van der Waals surface area contributed by atoms with Crippen LogP contribution >= 0.6 is 0 Å². The van der Waals surface area contributed by atoms with Crippen LogP contribution in [0.4, 0.5) is 23.0 Å². The molecule has 0 unspecified atom stereocenters. The second kappa shape index (κ2) is 11.3. The van der Waals surface area contributed by atoms with Gasteiger partial charge in [-0.3, -0.25) is 4.79 Å². The fourth-order valence-corrected chi connectivity index (χ4v) is 4.01. The third kappa shape index (κ3) is 5.73. The van der Waals surface area contributed by atoms with Crippen molar-refractivity contribution in [2.45, 2.75) is 13.8 Å². The summed E-state index contributed by atoms with van der Waals surface area (Å²) in [5, 5.41) is 11.8. The first-order chi connectivity index (χ1) is 18.2. The summed E-state index contributed by atoms with van der Waals surface area (Å²) < 4.78 is 7.39. The van der Waals surface area contributed by atoms with Gasteiger partial charge in [-0.1, -0.05) is 18.2 Å². The number of amides is 1. The van der Waals surface area contributed by atoms with Crippen LogP contribution in [0, 0.1) is 13.8 Å². The van der Waals surface area contributed by atoms with Crippen molar-refractivity contribution in [3.05, 3.63) is 60.6 Å². The molecular formula is C27H33N9O2. The van der Waals surface area contributed by atoms with Gasteiger partial charge in [0.25, 0.3) is 5.95 Å². The molecule has 0 radical (unpaired) electrons. The number of nitrogens with zero attached hydrogens (tertiary/aromatic N) is 7. The highest BCUT2D eigenvalue weighted by Gasteiger charge is 2.17. The van der Waals surface area contributed by atoms with Crippen molar-refractivity contribution in [3.63, 3.8) is 0 Å². The van der Waals surface area contributed by atoms with Gasteiger partial charge in [-0.2, -0.15) is 19.7 Å². The second-order valence-corrected chi connectivity index (χ2v) is 9.24.